The average molecular weight is 178 g/mol. The third kappa shape index (κ3) is 5.68. The van der Waals surface area contributed by atoms with Crippen LogP contribution in [0.1, 0.15) is 6.42 Å². The lowest BCUT2D eigenvalue weighted by atomic mass is 10.2. The molecule has 0 aromatic rings. The van der Waals surface area contributed by atoms with Crippen LogP contribution in [0.3, 0.4) is 0 Å². The summed E-state index contributed by atoms with van der Waals surface area (Å²) in [5.41, 5.74) is 9.93. The lowest BCUT2D eigenvalue weighted by molar-refractivity contribution is -0.138. The summed E-state index contributed by atoms with van der Waals surface area (Å²) in [6.07, 6.45) is 0.253. The number of thioether (sulfide) groups is 1. The van der Waals surface area contributed by atoms with E-state index in [1.54, 1.807) is 0 Å². The molecule has 0 heterocycles. The zero-order valence-corrected chi connectivity index (χ0v) is 6.63. The van der Waals surface area contributed by atoms with Crippen LogP contribution in [0.15, 0.2) is 0 Å². The molecule has 11 heavy (non-hydrogen) atoms. The van der Waals surface area contributed by atoms with Gasteiger partial charge in [0.2, 0.25) is 0 Å². The maximum Gasteiger partial charge on any atom is 0.320 e. The van der Waals surface area contributed by atoms with Crippen molar-refractivity contribution in [3.8, 4) is 0 Å². The van der Waals surface area contributed by atoms with E-state index in [-0.39, 0.29) is 6.42 Å². The SMILES string of the molecule is NC(=O)SCC[C@H](N)C(=O)O. The molecular formula is C5H10N2O3S. The van der Waals surface area contributed by atoms with Crippen molar-refractivity contribution < 1.29 is 14.7 Å². The molecule has 0 aliphatic heterocycles. The standard InChI is InChI=1S/C5H10N2O3S/c6-3(4(8)9)1-2-11-5(7)10/h3H,1-2,6H2,(H2,7,10)(H,8,9)/t3-/m0/s1. The van der Waals surface area contributed by atoms with Crippen molar-refractivity contribution in [2.24, 2.45) is 11.5 Å². The maximum absolute atomic E-state index is 10.1. The van der Waals surface area contributed by atoms with E-state index in [0.717, 1.165) is 11.8 Å². The van der Waals surface area contributed by atoms with E-state index < -0.39 is 17.3 Å². The van der Waals surface area contributed by atoms with Crippen molar-refractivity contribution >= 4 is 23.0 Å². The van der Waals surface area contributed by atoms with Crippen LogP contribution in [0.2, 0.25) is 0 Å². The lowest BCUT2D eigenvalue weighted by Gasteiger charge is -2.02. The van der Waals surface area contributed by atoms with E-state index in [1.807, 2.05) is 0 Å². The summed E-state index contributed by atoms with van der Waals surface area (Å²) in [7, 11) is 0. The zero-order valence-electron chi connectivity index (χ0n) is 5.82. The lowest BCUT2D eigenvalue weighted by Crippen LogP contribution is -2.30. The molecule has 0 aromatic heterocycles. The van der Waals surface area contributed by atoms with Gasteiger partial charge >= 0.3 is 5.97 Å². The maximum atomic E-state index is 10.1. The molecule has 0 bridgehead atoms. The molecule has 6 heteroatoms. The van der Waals surface area contributed by atoms with Gasteiger partial charge in [-0.3, -0.25) is 9.59 Å². The number of amides is 1. The van der Waals surface area contributed by atoms with Crippen molar-refractivity contribution in [3.63, 3.8) is 0 Å². The molecule has 0 radical (unpaired) electrons. The third-order valence-electron chi connectivity index (χ3n) is 0.990. The van der Waals surface area contributed by atoms with Gasteiger partial charge in [0.25, 0.3) is 5.24 Å². The van der Waals surface area contributed by atoms with E-state index in [0.29, 0.717) is 5.75 Å². The molecule has 0 aromatic carbocycles. The minimum atomic E-state index is -1.06. The van der Waals surface area contributed by atoms with E-state index in [2.05, 4.69) is 0 Å². The predicted octanol–water partition coefficient (Wildman–Crippen LogP) is -0.400. The van der Waals surface area contributed by atoms with Crippen LogP contribution >= 0.6 is 11.8 Å². The number of hydrogen-bond acceptors (Lipinski definition) is 4. The Balaban J connectivity index is 3.39. The van der Waals surface area contributed by atoms with E-state index in [9.17, 15) is 9.59 Å². The predicted molar refractivity (Wildman–Crippen MR) is 42.3 cm³/mol. The Morgan fingerprint density at radius 1 is 1.55 bits per heavy atom. The third-order valence-corrected chi connectivity index (χ3v) is 1.71. The highest BCUT2D eigenvalue weighted by molar-refractivity contribution is 8.13. The second-order valence-corrected chi connectivity index (χ2v) is 3.00. The Morgan fingerprint density at radius 3 is 2.45 bits per heavy atom. The monoisotopic (exact) mass is 178 g/mol. The Hall–Kier alpha value is -0.750. The van der Waals surface area contributed by atoms with Crippen LogP contribution in [0.25, 0.3) is 0 Å². The molecule has 0 saturated carbocycles. The summed E-state index contributed by atoms with van der Waals surface area (Å²) in [4.78, 5) is 20.3. The molecule has 0 fully saturated rings. The number of aliphatic carboxylic acids is 1. The molecule has 5 N–H and O–H groups in total. The summed E-state index contributed by atoms with van der Waals surface area (Å²) in [6, 6.07) is -0.901. The number of carbonyl (C=O) groups excluding carboxylic acids is 1. The summed E-state index contributed by atoms with van der Waals surface area (Å²) in [5, 5.41) is 7.79. The fourth-order valence-electron chi connectivity index (χ4n) is 0.410. The van der Waals surface area contributed by atoms with Crippen molar-refractivity contribution in [1.82, 2.24) is 0 Å². The summed E-state index contributed by atoms with van der Waals surface area (Å²) in [5.74, 6) is -0.710. The average Bonchev–Trinajstić information content (AvgIpc) is 1.86. The Morgan fingerprint density at radius 2 is 2.09 bits per heavy atom. The van der Waals surface area contributed by atoms with Crippen LogP contribution in [0, 0.1) is 0 Å². The first-order valence-corrected chi connectivity index (χ1v) is 3.93. The van der Waals surface area contributed by atoms with Crippen molar-refractivity contribution in [2.75, 3.05) is 5.75 Å². The summed E-state index contributed by atoms with van der Waals surface area (Å²) >= 11 is 0.873. The molecule has 1 amide bonds. The molecule has 0 rings (SSSR count). The Labute approximate surface area is 68.1 Å². The van der Waals surface area contributed by atoms with E-state index >= 15 is 0 Å². The zero-order chi connectivity index (χ0) is 8.85. The van der Waals surface area contributed by atoms with Gasteiger partial charge < -0.3 is 16.6 Å². The largest absolute Gasteiger partial charge is 0.480 e. The minimum absolute atomic E-state index is 0.253. The van der Waals surface area contributed by atoms with Crippen LogP contribution in [0.5, 0.6) is 0 Å². The molecule has 1 atom stereocenters. The van der Waals surface area contributed by atoms with E-state index in [1.165, 1.54) is 0 Å². The number of nitrogens with two attached hydrogens (primary N) is 2. The number of primary amides is 1. The highest BCUT2D eigenvalue weighted by atomic mass is 32.2. The van der Waals surface area contributed by atoms with Crippen LogP contribution < -0.4 is 11.5 Å². The van der Waals surface area contributed by atoms with Gasteiger partial charge in [-0.1, -0.05) is 11.8 Å². The van der Waals surface area contributed by atoms with Gasteiger partial charge in [0.05, 0.1) is 0 Å². The van der Waals surface area contributed by atoms with Gasteiger partial charge in [-0.15, -0.1) is 0 Å². The second-order valence-electron chi connectivity index (χ2n) is 1.90. The number of carbonyl (C=O) groups is 2. The number of carboxylic acids is 1. The van der Waals surface area contributed by atoms with Crippen LogP contribution in [-0.2, 0) is 4.79 Å². The first-order chi connectivity index (χ1) is 5.04. The molecule has 0 aliphatic carbocycles. The van der Waals surface area contributed by atoms with Gasteiger partial charge in [0.1, 0.15) is 6.04 Å². The Bertz CT molecular complexity index is 162. The smallest absolute Gasteiger partial charge is 0.320 e. The van der Waals surface area contributed by atoms with Crippen molar-refractivity contribution in [2.45, 2.75) is 12.5 Å². The van der Waals surface area contributed by atoms with Gasteiger partial charge in [-0.25, -0.2) is 0 Å². The summed E-state index contributed by atoms with van der Waals surface area (Å²) < 4.78 is 0. The highest BCUT2D eigenvalue weighted by Crippen LogP contribution is 2.02. The number of hydrogen-bond donors (Lipinski definition) is 3. The molecule has 0 spiro atoms. The molecule has 64 valence electrons. The first-order valence-electron chi connectivity index (χ1n) is 2.94. The minimum Gasteiger partial charge on any atom is -0.480 e. The quantitative estimate of drug-likeness (QED) is 0.543. The fraction of sp³-hybridized carbons (Fsp3) is 0.600. The molecular weight excluding hydrogens is 168 g/mol. The first kappa shape index (κ1) is 10.2. The number of carboxylic acid groups (broad SMARTS) is 1. The normalized spacial score (nSPS) is 12.5. The van der Waals surface area contributed by atoms with Gasteiger partial charge in [0.15, 0.2) is 0 Å². The summed E-state index contributed by atoms with van der Waals surface area (Å²) in [6.45, 7) is 0. The van der Waals surface area contributed by atoms with Crippen LogP contribution in [-0.4, -0.2) is 28.1 Å². The van der Waals surface area contributed by atoms with E-state index in [4.69, 9.17) is 16.6 Å². The van der Waals surface area contributed by atoms with Crippen molar-refractivity contribution in [3.05, 3.63) is 0 Å². The van der Waals surface area contributed by atoms with Crippen LogP contribution in [0.4, 0.5) is 4.79 Å². The highest BCUT2D eigenvalue weighted by Gasteiger charge is 2.10. The number of rotatable bonds is 4. The molecule has 5 nitrogen and oxygen atoms in total. The topological polar surface area (TPSA) is 106 Å². The van der Waals surface area contributed by atoms with Gasteiger partial charge in [0, 0.05) is 5.75 Å². The molecule has 0 saturated heterocycles. The Kier molecular flexibility index (Phi) is 4.64. The van der Waals surface area contributed by atoms with Crippen molar-refractivity contribution in [1.29, 1.82) is 0 Å². The van der Waals surface area contributed by atoms with Gasteiger partial charge in [-0.2, -0.15) is 0 Å². The molecule has 0 aliphatic rings. The molecule has 0 unspecified atom stereocenters. The fourth-order valence-corrected chi connectivity index (χ4v) is 0.983. The second kappa shape index (κ2) is 4.97. The van der Waals surface area contributed by atoms with Gasteiger partial charge in [-0.05, 0) is 6.42 Å².